The van der Waals surface area contributed by atoms with Crippen LogP contribution >= 0.6 is 0 Å². The first kappa shape index (κ1) is 20.3. The summed E-state index contributed by atoms with van der Waals surface area (Å²) in [6, 6.07) is 0. The van der Waals surface area contributed by atoms with Gasteiger partial charge in [0.1, 0.15) is 0 Å². The summed E-state index contributed by atoms with van der Waals surface area (Å²) < 4.78 is 0. The fourth-order valence-electron chi connectivity index (χ4n) is 3.67. The van der Waals surface area contributed by atoms with Crippen molar-refractivity contribution in [3.05, 3.63) is 24.9 Å². The molecule has 1 heteroatoms. The van der Waals surface area contributed by atoms with Crippen molar-refractivity contribution < 1.29 is 0 Å². The summed E-state index contributed by atoms with van der Waals surface area (Å²) >= 11 is 0. The van der Waals surface area contributed by atoms with Crippen LogP contribution in [0.4, 0.5) is 0 Å². The molecular formula is C20H39N. The van der Waals surface area contributed by atoms with Gasteiger partial charge >= 0.3 is 0 Å². The van der Waals surface area contributed by atoms with Gasteiger partial charge in [0.05, 0.1) is 0 Å². The van der Waals surface area contributed by atoms with E-state index in [0.717, 1.165) is 18.8 Å². The van der Waals surface area contributed by atoms with E-state index in [9.17, 15) is 0 Å². The Balaban J connectivity index is 4.78. The second-order valence-electron chi connectivity index (χ2n) is 7.67. The molecule has 0 saturated heterocycles. The van der Waals surface area contributed by atoms with Crippen molar-refractivity contribution in [2.24, 2.45) is 11.3 Å². The van der Waals surface area contributed by atoms with E-state index in [1.54, 1.807) is 0 Å². The minimum Gasteiger partial charge on any atom is -0.386 e. The third kappa shape index (κ3) is 7.20. The normalized spacial score (nSPS) is 17.1. The standard InChI is InChI=1S/C20H39N/c1-9-13-19(7,16-17(4)5)18(6)12-15-20(8,14-10-2)21-11-3/h11,17,21H,3,6,9-10,12-16H2,1-2,4-5,7-8H3. The maximum absolute atomic E-state index is 4.47. The number of hydrogen-bond acceptors (Lipinski definition) is 1. The Morgan fingerprint density at radius 3 is 2.10 bits per heavy atom. The molecule has 1 nitrogen and oxygen atoms in total. The molecule has 0 aliphatic rings. The average Bonchev–Trinajstić information content (AvgIpc) is 2.36. The quantitative estimate of drug-likeness (QED) is 0.407. The lowest BCUT2D eigenvalue weighted by Crippen LogP contribution is -2.39. The number of nitrogens with one attached hydrogen (secondary N) is 1. The largest absolute Gasteiger partial charge is 0.386 e. The summed E-state index contributed by atoms with van der Waals surface area (Å²) in [5.74, 6) is 0.728. The number of allylic oxidation sites excluding steroid dienone is 1. The lowest BCUT2D eigenvalue weighted by molar-refractivity contribution is 0.266. The van der Waals surface area contributed by atoms with Crippen LogP contribution in [0.25, 0.3) is 0 Å². The van der Waals surface area contributed by atoms with Gasteiger partial charge in [0.15, 0.2) is 0 Å². The fraction of sp³-hybridized carbons (Fsp3) is 0.800. The third-order valence-electron chi connectivity index (χ3n) is 4.74. The molecule has 0 heterocycles. The lowest BCUT2D eigenvalue weighted by atomic mass is 9.71. The average molecular weight is 294 g/mol. The monoisotopic (exact) mass is 293 g/mol. The zero-order chi connectivity index (χ0) is 16.5. The first-order valence-corrected chi connectivity index (χ1v) is 8.80. The van der Waals surface area contributed by atoms with Crippen molar-refractivity contribution >= 4 is 0 Å². The summed E-state index contributed by atoms with van der Waals surface area (Å²) in [6.45, 7) is 22.2. The van der Waals surface area contributed by atoms with E-state index < -0.39 is 0 Å². The van der Waals surface area contributed by atoms with Crippen LogP contribution in [0.15, 0.2) is 24.9 Å². The van der Waals surface area contributed by atoms with Crippen LogP contribution in [0, 0.1) is 11.3 Å². The van der Waals surface area contributed by atoms with Crippen molar-refractivity contribution in [3.63, 3.8) is 0 Å². The molecule has 2 atom stereocenters. The highest BCUT2D eigenvalue weighted by molar-refractivity contribution is 5.10. The molecule has 0 spiro atoms. The van der Waals surface area contributed by atoms with Crippen molar-refractivity contribution in [1.29, 1.82) is 0 Å². The Kier molecular flexibility index (Phi) is 9.01. The van der Waals surface area contributed by atoms with E-state index >= 15 is 0 Å². The van der Waals surface area contributed by atoms with Crippen molar-refractivity contribution in [2.75, 3.05) is 0 Å². The molecule has 1 N–H and O–H groups in total. The molecular weight excluding hydrogens is 254 g/mol. The van der Waals surface area contributed by atoms with E-state index in [2.05, 4.69) is 60.0 Å². The Morgan fingerprint density at radius 1 is 1.10 bits per heavy atom. The van der Waals surface area contributed by atoms with Crippen LogP contribution in [-0.4, -0.2) is 5.54 Å². The topological polar surface area (TPSA) is 12.0 Å². The molecule has 0 radical (unpaired) electrons. The maximum atomic E-state index is 4.47. The summed E-state index contributed by atoms with van der Waals surface area (Å²) in [6.07, 6.45) is 10.2. The Hall–Kier alpha value is -0.720. The highest BCUT2D eigenvalue weighted by Crippen LogP contribution is 2.40. The predicted molar refractivity (Wildman–Crippen MR) is 97.5 cm³/mol. The number of hydrogen-bond donors (Lipinski definition) is 1. The summed E-state index contributed by atoms with van der Waals surface area (Å²) in [4.78, 5) is 0. The smallest absolute Gasteiger partial charge is 0.0343 e. The molecule has 0 rings (SSSR count). The van der Waals surface area contributed by atoms with Gasteiger partial charge in [-0.1, -0.05) is 66.2 Å². The van der Waals surface area contributed by atoms with Crippen LogP contribution in [0.1, 0.15) is 86.5 Å². The van der Waals surface area contributed by atoms with Gasteiger partial charge in [-0.3, -0.25) is 0 Å². The Labute approximate surface area is 134 Å². The fourth-order valence-corrected chi connectivity index (χ4v) is 3.67. The van der Waals surface area contributed by atoms with Crippen LogP contribution in [0.2, 0.25) is 0 Å². The highest BCUT2D eigenvalue weighted by Gasteiger charge is 2.29. The van der Waals surface area contributed by atoms with Crippen LogP contribution < -0.4 is 5.32 Å². The molecule has 0 aromatic rings. The molecule has 21 heavy (non-hydrogen) atoms. The Morgan fingerprint density at radius 2 is 1.67 bits per heavy atom. The molecule has 124 valence electrons. The second-order valence-corrected chi connectivity index (χ2v) is 7.67. The van der Waals surface area contributed by atoms with Crippen LogP contribution in [0.5, 0.6) is 0 Å². The van der Waals surface area contributed by atoms with Crippen molar-refractivity contribution in [1.82, 2.24) is 5.32 Å². The molecule has 0 amide bonds. The van der Waals surface area contributed by atoms with Gasteiger partial charge in [-0.2, -0.15) is 0 Å². The van der Waals surface area contributed by atoms with Crippen LogP contribution in [-0.2, 0) is 0 Å². The second kappa shape index (κ2) is 9.33. The van der Waals surface area contributed by atoms with Gasteiger partial charge in [0.25, 0.3) is 0 Å². The minimum atomic E-state index is 0.157. The molecule has 0 aromatic carbocycles. The van der Waals surface area contributed by atoms with Gasteiger partial charge in [-0.25, -0.2) is 0 Å². The van der Waals surface area contributed by atoms with E-state index in [4.69, 9.17) is 0 Å². The van der Waals surface area contributed by atoms with E-state index in [0.29, 0.717) is 5.41 Å². The highest BCUT2D eigenvalue weighted by atomic mass is 14.9. The van der Waals surface area contributed by atoms with Crippen LogP contribution in [0.3, 0.4) is 0 Å². The van der Waals surface area contributed by atoms with Gasteiger partial charge in [-0.15, -0.1) is 0 Å². The molecule has 0 aromatic heterocycles. The van der Waals surface area contributed by atoms with E-state index in [1.807, 2.05) is 6.20 Å². The van der Waals surface area contributed by atoms with Gasteiger partial charge in [-0.05, 0) is 56.6 Å². The summed E-state index contributed by atoms with van der Waals surface area (Å²) in [5.41, 5.74) is 1.89. The first-order chi connectivity index (χ1) is 9.73. The zero-order valence-corrected chi connectivity index (χ0v) is 15.5. The SMILES string of the molecule is C=CNC(C)(CCC)CCC(=C)C(C)(CCC)CC(C)C. The first-order valence-electron chi connectivity index (χ1n) is 8.80. The predicted octanol–water partition coefficient (Wildman–Crippen LogP) is 6.47. The van der Waals surface area contributed by atoms with Gasteiger partial charge in [0.2, 0.25) is 0 Å². The summed E-state index contributed by atoms with van der Waals surface area (Å²) in [7, 11) is 0. The maximum Gasteiger partial charge on any atom is 0.0343 e. The van der Waals surface area contributed by atoms with E-state index in [-0.39, 0.29) is 5.54 Å². The molecule has 2 unspecified atom stereocenters. The minimum absolute atomic E-state index is 0.157. The zero-order valence-electron chi connectivity index (χ0n) is 15.5. The van der Waals surface area contributed by atoms with Crippen molar-refractivity contribution in [2.45, 2.75) is 92.0 Å². The Bertz CT molecular complexity index is 318. The van der Waals surface area contributed by atoms with Crippen molar-refractivity contribution in [3.8, 4) is 0 Å². The van der Waals surface area contributed by atoms with E-state index in [1.165, 1.54) is 37.7 Å². The molecule has 0 aliphatic heterocycles. The third-order valence-corrected chi connectivity index (χ3v) is 4.74. The summed E-state index contributed by atoms with van der Waals surface area (Å²) in [5, 5.41) is 3.46. The molecule has 0 fully saturated rings. The molecule has 0 aliphatic carbocycles. The lowest BCUT2D eigenvalue weighted by Gasteiger charge is -2.36. The molecule has 0 bridgehead atoms. The van der Waals surface area contributed by atoms with Gasteiger partial charge in [0, 0.05) is 5.54 Å². The number of rotatable bonds is 12. The molecule has 0 saturated carbocycles. The van der Waals surface area contributed by atoms with Gasteiger partial charge < -0.3 is 5.32 Å².